The predicted octanol–water partition coefficient (Wildman–Crippen LogP) is 3.26. The molecule has 0 atom stereocenters. The summed E-state index contributed by atoms with van der Waals surface area (Å²) in [5, 5.41) is 3.25. The molecule has 3 rings (SSSR count). The van der Waals surface area contributed by atoms with Crippen molar-refractivity contribution in [1.29, 1.82) is 0 Å². The molecule has 18 heavy (non-hydrogen) atoms. The minimum Gasteiger partial charge on any atom is -0.383 e. The highest BCUT2D eigenvalue weighted by Crippen LogP contribution is 2.41. The number of halogens is 1. The van der Waals surface area contributed by atoms with E-state index >= 15 is 0 Å². The van der Waals surface area contributed by atoms with Crippen LogP contribution >= 0.6 is 0 Å². The van der Waals surface area contributed by atoms with Gasteiger partial charge in [-0.2, -0.15) is 0 Å². The van der Waals surface area contributed by atoms with E-state index in [9.17, 15) is 4.39 Å². The Morgan fingerprint density at radius 2 is 1.89 bits per heavy atom. The summed E-state index contributed by atoms with van der Waals surface area (Å²) in [4.78, 5) is 2.65. The molecule has 0 saturated carbocycles. The number of rotatable bonds is 4. The van der Waals surface area contributed by atoms with Gasteiger partial charge in [0.25, 0.3) is 0 Å². The summed E-state index contributed by atoms with van der Waals surface area (Å²) >= 11 is 0. The molecule has 2 heterocycles. The van der Waals surface area contributed by atoms with Crippen molar-refractivity contribution in [2.24, 2.45) is 0 Å². The molecule has 2 nitrogen and oxygen atoms in total. The van der Waals surface area contributed by atoms with Gasteiger partial charge in [0.05, 0.1) is 5.69 Å². The molecule has 98 valence electrons. The lowest BCUT2D eigenvalue weighted by Gasteiger charge is -2.32. The summed E-state index contributed by atoms with van der Waals surface area (Å²) in [7, 11) is 0. The SMILES string of the molecule is Fc1ccccc1NCCC12CCCN1CCC2. The van der Waals surface area contributed by atoms with E-state index in [-0.39, 0.29) is 5.82 Å². The first-order valence-corrected chi connectivity index (χ1v) is 7.04. The van der Waals surface area contributed by atoms with E-state index in [0.29, 0.717) is 11.2 Å². The van der Waals surface area contributed by atoms with Crippen LogP contribution in [-0.2, 0) is 0 Å². The van der Waals surface area contributed by atoms with Gasteiger partial charge in [-0.1, -0.05) is 12.1 Å². The van der Waals surface area contributed by atoms with Crippen LogP contribution in [0.5, 0.6) is 0 Å². The molecule has 0 radical (unpaired) electrons. The fourth-order valence-corrected chi connectivity index (χ4v) is 3.67. The highest BCUT2D eigenvalue weighted by atomic mass is 19.1. The van der Waals surface area contributed by atoms with Crippen LogP contribution in [0.4, 0.5) is 10.1 Å². The van der Waals surface area contributed by atoms with E-state index < -0.39 is 0 Å². The molecule has 1 aromatic carbocycles. The summed E-state index contributed by atoms with van der Waals surface area (Å²) in [6, 6.07) is 6.93. The number of nitrogens with zero attached hydrogens (tertiary/aromatic N) is 1. The zero-order chi connectivity index (χ0) is 12.4. The number of para-hydroxylation sites is 1. The molecular weight excluding hydrogens is 227 g/mol. The molecule has 2 aliphatic rings. The van der Waals surface area contributed by atoms with Crippen molar-refractivity contribution >= 4 is 5.69 Å². The van der Waals surface area contributed by atoms with Gasteiger partial charge in [0.2, 0.25) is 0 Å². The number of nitrogens with one attached hydrogen (secondary N) is 1. The second-order valence-electron chi connectivity index (χ2n) is 5.58. The Hall–Kier alpha value is -1.09. The van der Waals surface area contributed by atoms with Crippen molar-refractivity contribution in [2.75, 3.05) is 25.0 Å². The van der Waals surface area contributed by atoms with Crippen LogP contribution in [0.25, 0.3) is 0 Å². The second kappa shape index (κ2) is 4.88. The maximum Gasteiger partial charge on any atom is 0.146 e. The van der Waals surface area contributed by atoms with E-state index in [1.165, 1.54) is 44.8 Å². The van der Waals surface area contributed by atoms with Crippen molar-refractivity contribution in [2.45, 2.75) is 37.6 Å². The quantitative estimate of drug-likeness (QED) is 0.880. The minimum absolute atomic E-state index is 0.148. The molecule has 0 amide bonds. The average molecular weight is 248 g/mol. The number of hydrogen-bond donors (Lipinski definition) is 1. The summed E-state index contributed by atoms with van der Waals surface area (Å²) in [5.74, 6) is -0.148. The van der Waals surface area contributed by atoms with Crippen LogP contribution < -0.4 is 5.32 Å². The Bertz CT molecular complexity index is 409. The van der Waals surface area contributed by atoms with Gasteiger partial charge in [-0.3, -0.25) is 4.90 Å². The molecule has 1 N–H and O–H groups in total. The number of benzene rings is 1. The number of fused-ring (bicyclic) bond motifs is 1. The van der Waals surface area contributed by atoms with Crippen molar-refractivity contribution in [3.8, 4) is 0 Å². The van der Waals surface area contributed by atoms with Crippen LogP contribution in [0.2, 0.25) is 0 Å². The lowest BCUT2D eigenvalue weighted by Crippen LogP contribution is -2.39. The van der Waals surface area contributed by atoms with Gasteiger partial charge in [-0.25, -0.2) is 4.39 Å². The minimum atomic E-state index is -0.148. The van der Waals surface area contributed by atoms with Crippen molar-refractivity contribution in [3.05, 3.63) is 30.1 Å². The molecule has 0 aromatic heterocycles. The third-order valence-corrected chi connectivity index (χ3v) is 4.59. The van der Waals surface area contributed by atoms with Crippen LogP contribution in [0, 0.1) is 5.82 Å². The molecule has 3 heteroatoms. The first kappa shape index (κ1) is 12.0. The van der Waals surface area contributed by atoms with Crippen LogP contribution in [0.15, 0.2) is 24.3 Å². The maximum atomic E-state index is 13.5. The zero-order valence-electron chi connectivity index (χ0n) is 10.8. The lowest BCUT2D eigenvalue weighted by molar-refractivity contribution is 0.187. The molecule has 2 saturated heterocycles. The Labute approximate surface area is 108 Å². The van der Waals surface area contributed by atoms with Crippen molar-refractivity contribution in [3.63, 3.8) is 0 Å². The largest absolute Gasteiger partial charge is 0.383 e. The second-order valence-corrected chi connectivity index (χ2v) is 5.58. The van der Waals surface area contributed by atoms with E-state index in [1.54, 1.807) is 6.07 Å². The summed E-state index contributed by atoms with van der Waals surface area (Å²) < 4.78 is 13.5. The first-order chi connectivity index (χ1) is 8.80. The number of hydrogen-bond acceptors (Lipinski definition) is 2. The molecule has 2 fully saturated rings. The average Bonchev–Trinajstić information content (AvgIpc) is 2.91. The van der Waals surface area contributed by atoms with Gasteiger partial charge in [-0.15, -0.1) is 0 Å². The van der Waals surface area contributed by atoms with Crippen molar-refractivity contribution < 1.29 is 4.39 Å². The highest BCUT2D eigenvalue weighted by molar-refractivity contribution is 5.44. The highest BCUT2D eigenvalue weighted by Gasteiger charge is 2.43. The van der Waals surface area contributed by atoms with E-state index in [0.717, 1.165) is 13.0 Å². The van der Waals surface area contributed by atoms with Gasteiger partial charge < -0.3 is 5.32 Å². The normalized spacial score (nSPS) is 22.1. The molecular formula is C15H21FN2. The third-order valence-electron chi connectivity index (χ3n) is 4.59. The van der Waals surface area contributed by atoms with Gasteiger partial charge in [-0.05, 0) is 57.3 Å². The molecule has 1 aromatic rings. The van der Waals surface area contributed by atoms with Crippen LogP contribution in [-0.4, -0.2) is 30.1 Å². The molecule has 2 aliphatic heterocycles. The Morgan fingerprint density at radius 1 is 1.17 bits per heavy atom. The molecule has 0 spiro atoms. The van der Waals surface area contributed by atoms with Crippen LogP contribution in [0.1, 0.15) is 32.1 Å². The Morgan fingerprint density at radius 3 is 2.61 bits per heavy atom. The lowest BCUT2D eigenvalue weighted by atomic mass is 9.90. The smallest absolute Gasteiger partial charge is 0.146 e. The van der Waals surface area contributed by atoms with E-state index in [4.69, 9.17) is 0 Å². The number of anilines is 1. The summed E-state index contributed by atoms with van der Waals surface area (Å²) in [5.41, 5.74) is 1.06. The van der Waals surface area contributed by atoms with Gasteiger partial charge in [0.1, 0.15) is 5.82 Å². The van der Waals surface area contributed by atoms with Crippen molar-refractivity contribution in [1.82, 2.24) is 4.90 Å². The first-order valence-electron chi connectivity index (χ1n) is 7.04. The molecule has 0 aliphatic carbocycles. The van der Waals surface area contributed by atoms with Crippen LogP contribution in [0.3, 0.4) is 0 Å². The fraction of sp³-hybridized carbons (Fsp3) is 0.600. The van der Waals surface area contributed by atoms with Gasteiger partial charge >= 0.3 is 0 Å². The fourth-order valence-electron chi connectivity index (χ4n) is 3.67. The molecule has 0 bridgehead atoms. The Kier molecular flexibility index (Phi) is 3.25. The maximum absolute atomic E-state index is 13.5. The predicted molar refractivity (Wildman–Crippen MR) is 72.3 cm³/mol. The van der Waals surface area contributed by atoms with Gasteiger partial charge in [0, 0.05) is 12.1 Å². The summed E-state index contributed by atoms with van der Waals surface area (Å²) in [6.45, 7) is 3.40. The third kappa shape index (κ3) is 2.12. The topological polar surface area (TPSA) is 15.3 Å². The molecule has 0 unspecified atom stereocenters. The standard InChI is InChI=1S/C15H21FN2/c16-13-5-1-2-6-14(13)17-10-9-15-7-3-11-18(15)12-4-8-15/h1-2,5-6,17H,3-4,7-12H2. The summed E-state index contributed by atoms with van der Waals surface area (Å²) in [6.07, 6.45) is 6.46. The van der Waals surface area contributed by atoms with E-state index in [2.05, 4.69) is 10.2 Å². The Balaban J connectivity index is 1.57. The zero-order valence-corrected chi connectivity index (χ0v) is 10.8. The van der Waals surface area contributed by atoms with Gasteiger partial charge in [0.15, 0.2) is 0 Å². The van der Waals surface area contributed by atoms with E-state index in [1.807, 2.05) is 12.1 Å². The monoisotopic (exact) mass is 248 g/mol.